The molecule has 0 heterocycles. The largest absolute Gasteiger partial charge is 0.532 e. The summed E-state index contributed by atoms with van der Waals surface area (Å²) in [5, 5.41) is 10.9. The summed E-state index contributed by atoms with van der Waals surface area (Å²) in [5.41, 5.74) is 6.07. The first-order valence-corrected chi connectivity index (χ1v) is 4.75. The van der Waals surface area contributed by atoms with E-state index < -0.39 is 17.8 Å². The summed E-state index contributed by atoms with van der Waals surface area (Å²) >= 11 is 0. The van der Waals surface area contributed by atoms with Gasteiger partial charge >= 0.3 is 0 Å². The quantitative estimate of drug-likeness (QED) is 0.585. The monoisotopic (exact) mass is 219 g/mol. The third kappa shape index (κ3) is 4.14. The van der Waals surface area contributed by atoms with Crippen LogP contribution in [0.4, 0.5) is 4.79 Å². The van der Waals surface area contributed by atoms with Gasteiger partial charge in [0.15, 0.2) is 0 Å². The van der Waals surface area contributed by atoms with Crippen molar-refractivity contribution in [2.24, 2.45) is 5.73 Å². The van der Waals surface area contributed by atoms with Gasteiger partial charge in [-0.15, -0.1) is 7.41 Å². The fourth-order valence-corrected chi connectivity index (χ4v) is 1.26. The third-order valence-electron chi connectivity index (χ3n) is 2.03. The van der Waals surface area contributed by atoms with Gasteiger partial charge in [-0.1, -0.05) is 30.3 Å². The smallest absolute Gasteiger partial charge is 0.231 e. The fraction of sp³-hybridized carbons (Fsp3) is 0.200. The Labute approximate surface area is 93.9 Å². The molecule has 0 aliphatic heterocycles. The molecule has 4 N–H and O–H groups in total. The molecule has 0 saturated heterocycles. The van der Waals surface area contributed by atoms with E-state index >= 15 is 0 Å². The molecule has 0 fully saturated rings. The summed E-state index contributed by atoms with van der Waals surface area (Å²) in [5.74, 6) is -1.72. The fourth-order valence-electron chi connectivity index (χ4n) is 1.26. The van der Waals surface area contributed by atoms with Crippen molar-refractivity contribution in [3.05, 3.63) is 35.9 Å². The molecule has 1 amide bonds. The lowest BCUT2D eigenvalue weighted by atomic mass is 9.91. The summed E-state index contributed by atoms with van der Waals surface area (Å²) in [6.07, 6.45) is 0.361. The summed E-state index contributed by atoms with van der Waals surface area (Å²) in [6, 6.07) is 8.53. The standard InChI is InChI=1S/C10H12BN2O3/c12-9(14)8(13-11-10(15)16)6-7-4-2-1-3-5-7/h1-5,8,13H,6H2,(H2,12,14)(H,15,16)/q-1/t8-/m0/s1. The van der Waals surface area contributed by atoms with Gasteiger partial charge < -0.3 is 20.9 Å². The first kappa shape index (κ1) is 12.3. The molecular weight excluding hydrogens is 207 g/mol. The van der Waals surface area contributed by atoms with Crippen LogP contribution in [-0.4, -0.2) is 30.3 Å². The highest BCUT2D eigenvalue weighted by molar-refractivity contribution is 6.69. The molecule has 0 spiro atoms. The van der Waals surface area contributed by atoms with E-state index in [1.165, 1.54) is 0 Å². The molecule has 1 atom stereocenters. The van der Waals surface area contributed by atoms with Crippen LogP contribution in [0.15, 0.2) is 30.3 Å². The third-order valence-corrected chi connectivity index (χ3v) is 2.03. The Balaban J connectivity index is 2.58. The number of benzene rings is 1. The minimum atomic E-state index is -1.14. The van der Waals surface area contributed by atoms with E-state index in [9.17, 15) is 9.59 Å². The van der Waals surface area contributed by atoms with Crippen LogP contribution in [-0.2, 0) is 11.2 Å². The van der Waals surface area contributed by atoms with E-state index in [0.717, 1.165) is 13.0 Å². The maximum atomic E-state index is 11.1. The van der Waals surface area contributed by atoms with Gasteiger partial charge in [-0.2, -0.15) is 0 Å². The van der Waals surface area contributed by atoms with Crippen LogP contribution >= 0.6 is 0 Å². The second-order valence-electron chi connectivity index (χ2n) is 3.29. The molecule has 0 aromatic heterocycles. The molecule has 0 saturated carbocycles. The van der Waals surface area contributed by atoms with Crippen molar-refractivity contribution in [2.45, 2.75) is 12.5 Å². The van der Waals surface area contributed by atoms with Gasteiger partial charge in [0.2, 0.25) is 5.91 Å². The molecular formula is C10H12BN2O3-. The number of hydrogen-bond acceptors (Lipinski definition) is 3. The van der Waals surface area contributed by atoms with E-state index in [0.29, 0.717) is 6.42 Å². The number of nitrogens with two attached hydrogens (primary N) is 1. The topological polar surface area (TPSA) is 92.4 Å². The highest BCUT2D eigenvalue weighted by Crippen LogP contribution is 2.02. The number of amides is 1. The summed E-state index contributed by atoms with van der Waals surface area (Å²) in [7, 11) is 0.818. The van der Waals surface area contributed by atoms with E-state index in [1.807, 2.05) is 30.3 Å². The van der Waals surface area contributed by atoms with Gasteiger partial charge in [0.05, 0.1) is 11.9 Å². The van der Waals surface area contributed by atoms with Crippen LogP contribution in [0.3, 0.4) is 0 Å². The average molecular weight is 219 g/mol. The van der Waals surface area contributed by atoms with Crippen LogP contribution in [0, 0.1) is 0 Å². The van der Waals surface area contributed by atoms with Crippen LogP contribution in [0.5, 0.6) is 0 Å². The van der Waals surface area contributed by atoms with E-state index in [2.05, 4.69) is 5.23 Å². The first-order chi connectivity index (χ1) is 7.59. The molecule has 1 rings (SSSR count). The summed E-state index contributed by atoms with van der Waals surface area (Å²) < 4.78 is 0. The zero-order valence-electron chi connectivity index (χ0n) is 8.59. The van der Waals surface area contributed by atoms with Crippen LogP contribution in [0.25, 0.3) is 0 Å². The van der Waals surface area contributed by atoms with Gasteiger partial charge in [-0.05, 0) is 12.0 Å². The minimum Gasteiger partial charge on any atom is -0.532 e. The van der Waals surface area contributed by atoms with Crippen molar-refractivity contribution in [2.75, 3.05) is 0 Å². The van der Waals surface area contributed by atoms with Crippen LogP contribution in [0.1, 0.15) is 5.56 Å². The molecule has 84 valence electrons. The number of carboxylic acid groups (broad SMARTS) is 1. The summed E-state index contributed by atoms with van der Waals surface area (Å²) in [4.78, 5) is 21.4. The highest BCUT2D eigenvalue weighted by atomic mass is 16.4. The van der Waals surface area contributed by atoms with Crippen LogP contribution in [0.2, 0.25) is 0 Å². The van der Waals surface area contributed by atoms with Crippen molar-refractivity contribution < 1.29 is 14.7 Å². The molecule has 5 nitrogen and oxygen atoms in total. The zero-order valence-corrected chi connectivity index (χ0v) is 8.59. The maximum Gasteiger partial charge on any atom is 0.231 e. The predicted octanol–water partition coefficient (Wildman–Crippen LogP) is -0.0302. The molecule has 1 aromatic carbocycles. The molecule has 0 aliphatic rings. The average Bonchev–Trinajstić information content (AvgIpc) is 2.25. The molecule has 0 unspecified atom stereocenters. The number of carbonyl (C=O) groups excluding carboxylic acids is 1. The lowest BCUT2D eigenvalue weighted by Gasteiger charge is -2.22. The van der Waals surface area contributed by atoms with E-state index in [4.69, 9.17) is 10.8 Å². The number of carbonyl (C=O) groups is 2. The Hall–Kier alpha value is -1.82. The molecule has 6 heteroatoms. The molecule has 16 heavy (non-hydrogen) atoms. The molecule has 0 bridgehead atoms. The Bertz CT molecular complexity index is 370. The number of primary amides is 1. The van der Waals surface area contributed by atoms with E-state index in [1.54, 1.807) is 0 Å². The van der Waals surface area contributed by atoms with Crippen molar-refractivity contribution in [1.82, 2.24) is 5.23 Å². The maximum absolute atomic E-state index is 11.1. The van der Waals surface area contributed by atoms with Gasteiger partial charge in [0.25, 0.3) is 0 Å². The molecule has 1 aromatic rings. The van der Waals surface area contributed by atoms with Gasteiger partial charge in [0.1, 0.15) is 0 Å². The van der Waals surface area contributed by atoms with Crippen molar-refractivity contribution >= 4 is 19.2 Å². The van der Waals surface area contributed by atoms with Crippen molar-refractivity contribution in [3.63, 3.8) is 0 Å². The minimum absolute atomic E-state index is 0.361. The second kappa shape index (κ2) is 5.92. The Morgan fingerprint density at radius 1 is 1.38 bits per heavy atom. The summed E-state index contributed by atoms with van der Waals surface area (Å²) in [6.45, 7) is 0. The lowest BCUT2D eigenvalue weighted by Crippen LogP contribution is -2.46. The van der Waals surface area contributed by atoms with Gasteiger partial charge in [-0.3, -0.25) is 4.79 Å². The Kier molecular flexibility index (Phi) is 4.53. The second-order valence-corrected chi connectivity index (χ2v) is 3.29. The van der Waals surface area contributed by atoms with Crippen molar-refractivity contribution in [3.8, 4) is 0 Å². The number of nitrogens with one attached hydrogen (secondary N) is 1. The highest BCUT2D eigenvalue weighted by Gasteiger charge is 2.10. The van der Waals surface area contributed by atoms with Crippen LogP contribution < -0.4 is 11.0 Å². The molecule has 2 radical (unpaired) electrons. The van der Waals surface area contributed by atoms with Gasteiger partial charge in [-0.25, -0.2) is 0 Å². The Morgan fingerprint density at radius 3 is 2.50 bits per heavy atom. The predicted molar refractivity (Wildman–Crippen MR) is 60.0 cm³/mol. The normalized spacial score (nSPS) is 12.0. The van der Waals surface area contributed by atoms with Gasteiger partial charge in [0, 0.05) is 0 Å². The molecule has 0 aliphatic carbocycles. The van der Waals surface area contributed by atoms with E-state index in [-0.39, 0.29) is 0 Å². The lowest BCUT2D eigenvalue weighted by molar-refractivity contribution is -0.119. The van der Waals surface area contributed by atoms with Crippen molar-refractivity contribution in [1.29, 1.82) is 0 Å². The SMILES string of the molecule is NC(=O)[C@H](Cc1ccccc1)N[B-]C(=O)O. The number of rotatable bonds is 6. The Morgan fingerprint density at radius 2 is 2.00 bits per heavy atom. The number of hydrogen-bond donors (Lipinski definition) is 3. The zero-order chi connectivity index (χ0) is 12.0. The first-order valence-electron chi connectivity index (χ1n) is 4.75.